The van der Waals surface area contributed by atoms with Crippen molar-refractivity contribution in [3.8, 4) is 17.2 Å². The summed E-state index contributed by atoms with van der Waals surface area (Å²) >= 11 is 3.54. The third-order valence-corrected chi connectivity index (χ3v) is 6.49. The van der Waals surface area contributed by atoms with Crippen LogP contribution in [-0.4, -0.2) is 24.5 Å². The first-order valence-corrected chi connectivity index (χ1v) is 11.2. The molecule has 5 nitrogen and oxygen atoms in total. The number of para-hydroxylation sites is 1. The van der Waals surface area contributed by atoms with Gasteiger partial charge in [0.2, 0.25) is 5.78 Å². The van der Waals surface area contributed by atoms with Crippen molar-refractivity contribution < 1.29 is 19.0 Å². The molecule has 0 radical (unpaired) electrons. The van der Waals surface area contributed by atoms with E-state index in [4.69, 9.17) is 14.2 Å². The van der Waals surface area contributed by atoms with Crippen LogP contribution in [0.15, 0.2) is 64.8 Å². The van der Waals surface area contributed by atoms with Gasteiger partial charge < -0.3 is 14.2 Å². The fourth-order valence-corrected chi connectivity index (χ4v) is 4.58. The Morgan fingerprint density at radius 2 is 1.94 bits per heavy atom. The highest BCUT2D eigenvalue weighted by Crippen LogP contribution is 2.44. The van der Waals surface area contributed by atoms with Crippen molar-refractivity contribution in [3.05, 3.63) is 92.6 Å². The van der Waals surface area contributed by atoms with Crippen LogP contribution >= 0.6 is 15.9 Å². The lowest BCUT2D eigenvalue weighted by atomic mass is 9.98. The molecule has 0 aliphatic carbocycles. The van der Waals surface area contributed by atoms with E-state index in [2.05, 4.69) is 20.8 Å². The number of Topliss-reactive ketones (excluding diaryl/α,β-unsaturated/α-hetero) is 1. The second-order valence-corrected chi connectivity index (χ2v) is 8.76. The maximum Gasteiger partial charge on any atom is 0.232 e. The number of nitrogens with zero attached hydrogens (tertiary/aromatic N) is 1. The van der Waals surface area contributed by atoms with Gasteiger partial charge in [-0.15, -0.1) is 0 Å². The van der Waals surface area contributed by atoms with E-state index < -0.39 is 0 Å². The molecule has 0 amide bonds. The Kier molecular flexibility index (Phi) is 5.49. The molecule has 3 aromatic carbocycles. The van der Waals surface area contributed by atoms with Crippen LogP contribution in [0.4, 0.5) is 0 Å². The summed E-state index contributed by atoms with van der Waals surface area (Å²) in [6, 6.07) is 17.6. The van der Waals surface area contributed by atoms with Gasteiger partial charge in [-0.3, -0.25) is 9.69 Å². The molecule has 6 heteroatoms. The molecule has 0 unspecified atom stereocenters. The smallest absolute Gasteiger partial charge is 0.232 e. The minimum Gasteiger partial charge on any atom is -0.496 e. The second-order valence-electron chi connectivity index (χ2n) is 7.91. The van der Waals surface area contributed by atoms with Crippen LogP contribution in [0, 0.1) is 6.92 Å². The van der Waals surface area contributed by atoms with Crippen molar-refractivity contribution in [1.82, 2.24) is 4.90 Å². The van der Waals surface area contributed by atoms with Crippen LogP contribution < -0.4 is 14.2 Å². The second kappa shape index (κ2) is 8.45. The third kappa shape index (κ3) is 3.70. The number of benzene rings is 3. The van der Waals surface area contributed by atoms with Gasteiger partial charge in [-0.05, 0) is 42.3 Å². The SMILES string of the molecule is COc1ccccc1CN1COc2cc(C)c3c(c2C1)O/C(=C\c1ccccc1Br)C3=O. The van der Waals surface area contributed by atoms with Gasteiger partial charge in [-0.1, -0.05) is 52.3 Å². The molecule has 0 N–H and O–H groups in total. The van der Waals surface area contributed by atoms with Crippen LogP contribution in [0.1, 0.15) is 32.6 Å². The molecule has 162 valence electrons. The zero-order valence-electron chi connectivity index (χ0n) is 17.9. The largest absolute Gasteiger partial charge is 0.496 e. The van der Waals surface area contributed by atoms with Crippen molar-refractivity contribution in [1.29, 1.82) is 0 Å². The number of ketones is 1. The maximum atomic E-state index is 13.2. The number of allylic oxidation sites excluding steroid dienone is 1. The van der Waals surface area contributed by atoms with E-state index in [9.17, 15) is 4.79 Å². The highest BCUT2D eigenvalue weighted by molar-refractivity contribution is 9.10. The van der Waals surface area contributed by atoms with Crippen LogP contribution in [-0.2, 0) is 13.1 Å². The van der Waals surface area contributed by atoms with Crippen molar-refractivity contribution in [3.63, 3.8) is 0 Å². The van der Waals surface area contributed by atoms with Gasteiger partial charge in [0.15, 0.2) is 5.76 Å². The van der Waals surface area contributed by atoms with Crippen LogP contribution in [0.5, 0.6) is 17.2 Å². The zero-order chi connectivity index (χ0) is 22.2. The summed E-state index contributed by atoms with van der Waals surface area (Å²) in [4.78, 5) is 15.4. The average molecular weight is 492 g/mol. The van der Waals surface area contributed by atoms with Crippen LogP contribution in [0.3, 0.4) is 0 Å². The van der Waals surface area contributed by atoms with E-state index in [1.54, 1.807) is 13.2 Å². The van der Waals surface area contributed by atoms with E-state index >= 15 is 0 Å². The summed E-state index contributed by atoms with van der Waals surface area (Å²) < 4.78 is 18.6. The van der Waals surface area contributed by atoms with E-state index in [1.807, 2.05) is 61.5 Å². The lowest BCUT2D eigenvalue weighted by Gasteiger charge is -2.30. The molecule has 3 aromatic rings. The van der Waals surface area contributed by atoms with Gasteiger partial charge in [0, 0.05) is 23.1 Å². The Morgan fingerprint density at radius 1 is 1.16 bits per heavy atom. The molecule has 5 rings (SSSR count). The van der Waals surface area contributed by atoms with E-state index in [0.29, 0.717) is 36.9 Å². The van der Waals surface area contributed by atoms with Crippen LogP contribution in [0.25, 0.3) is 6.08 Å². The highest BCUT2D eigenvalue weighted by atomic mass is 79.9. The predicted molar refractivity (Wildman–Crippen MR) is 126 cm³/mol. The lowest BCUT2D eigenvalue weighted by Crippen LogP contribution is -2.32. The molecule has 2 aliphatic heterocycles. The third-order valence-electron chi connectivity index (χ3n) is 5.77. The summed E-state index contributed by atoms with van der Waals surface area (Å²) in [7, 11) is 1.68. The average Bonchev–Trinajstić information content (AvgIpc) is 3.13. The number of rotatable bonds is 4. The molecule has 2 heterocycles. The number of methoxy groups -OCH3 is 1. The summed E-state index contributed by atoms with van der Waals surface area (Å²) in [6.07, 6.45) is 1.79. The molecule has 0 bridgehead atoms. The molecule has 0 spiro atoms. The standard InChI is InChI=1S/C26H22BrNO4/c1-16-11-22-19(14-28(15-31-22)13-18-8-4-6-10-21(18)30-2)26-24(16)25(29)23(32-26)12-17-7-3-5-9-20(17)27/h3-12H,13-15H2,1-2H3/b23-12-. The Morgan fingerprint density at radius 3 is 2.75 bits per heavy atom. The summed E-state index contributed by atoms with van der Waals surface area (Å²) in [5.74, 6) is 2.45. The van der Waals surface area contributed by atoms with Gasteiger partial charge in [0.05, 0.1) is 18.2 Å². The maximum absolute atomic E-state index is 13.2. The number of hydrogen-bond donors (Lipinski definition) is 0. The molecule has 0 fully saturated rings. The predicted octanol–water partition coefficient (Wildman–Crippen LogP) is 5.73. The van der Waals surface area contributed by atoms with Gasteiger partial charge in [-0.2, -0.15) is 0 Å². The number of carbonyl (C=O) groups is 1. The lowest BCUT2D eigenvalue weighted by molar-refractivity contribution is 0.0864. The molecule has 0 saturated heterocycles. The van der Waals surface area contributed by atoms with Crippen molar-refractivity contribution in [2.75, 3.05) is 13.8 Å². The molecule has 0 atom stereocenters. The first kappa shape index (κ1) is 20.8. The van der Waals surface area contributed by atoms with Gasteiger partial charge >= 0.3 is 0 Å². The van der Waals surface area contributed by atoms with Gasteiger partial charge in [-0.25, -0.2) is 0 Å². The fourth-order valence-electron chi connectivity index (χ4n) is 4.19. The molecule has 32 heavy (non-hydrogen) atoms. The monoisotopic (exact) mass is 491 g/mol. The molecule has 0 saturated carbocycles. The first-order valence-electron chi connectivity index (χ1n) is 10.4. The van der Waals surface area contributed by atoms with Crippen molar-refractivity contribution >= 4 is 27.8 Å². The Hall–Kier alpha value is -3.09. The summed E-state index contributed by atoms with van der Waals surface area (Å²) in [6.45, 7) is 3.66. The Labute approximate surface area is 195 Å². The Balaban J connectivity index is 1.47. The van der Waals surface area contributed by atoms with Gasteiger partial charge in [0.1, 0.15) is 24.0 Å². The molecule has 0 aromatic heterocycles. The van der Waals surface area contributed by atoms with Crippen LogP contribution in [0.2, 0.25) is 0 Å². The number of hydrogen-bond acceptors (Lipinski definition) is 5. The van der Waals surface area contributed by atoms with E-state index in [-0.39, 0.29) is 5.78 Å². The van der Waals surface area contributed by atoms with E-state index in [1.165, 1.54) is 0 Å². The molecule has 2 aliphatic rings. The number of ether oxygens (including phenoxy) is 3. The topological polar surface area (TPSA) is 48.0 Å². The molecular formula is C26H22BrNO4. The number of fused-ring (bicyclic) bond motifs is 3. The van der Waals surface area contributed by atoms with Gasteiger partial charge in [0.25, 0.3) is 0 Å². The number of carbonyl (C=O) groups excluding carboxylic acids is 1. The minimum absolute atomic E-state index is 0.0992. The first-order chi connectivity index (χ1) is 15.5. The highest BCUT2D eigenvalue weighted by Gasteiger charge is 2.35. The summed E-state index contributed by atoms with van der Waals surface area (Å²) in [5.41, 5.74) is 4.35. The zero-order valence-corrected chi connectivity index (χ0v) is 19.4. The quantitative estimate of drug-likeness (QED) is 0.435. The Bertz CT molecular complexity index is 1250. The van der Waals surface area contributed by atoms with E-state index in [0.717, 1.165) is 38.2 Å². The fraction of sp³-hybridized carbons (Fsp3) is 0.192. The van der Waals surface area contributed by atoms with Crippen molar-refractivity contribution in [2.24, 2.45) is 0 Å². The number of aryl methyl sites for hydroxylation is 1. The molecular weight excluding hydrogens is 470 g/mol. The van der Waals surface area contributed by atoms with Crippen molar-refractivity contribution in [2.45, 2.75) is 20.0 Å². The number of halogens is 1. The minimum atomic E-state index is -0.0992. The summed E-state index contributed by atoms with van der Waals surface area (Å²) in [5, 5.41) is 0. The normalized spacial score (nSPS) is 16.3.